The zero-order valence-corrected chi connectivity index (χ0v) is 10.2. The van der Waals surface area contributed by atoms with Crippen molar-refractivity contribution in [2.75, 3.05) is 13.1 Å². The van der Waals surface area contributed by atoms with Gasteiger partial charge in [-0.2, -0.15) is 0 Å². The molecule has 0 radical (unpaired) electrons. The average molecular weight is 251 g/mol. The van der Waals surface area contributed by atoms with Crippen LogP contribution in [0.25, 0.3) is 0 Å². The van der Waals surface area contributed by atoms with Crippen molar-refractivity contribution in [2.45, 2.75) is 19.4 Å². The van der Waals surface area contributed by atoms with E-state index in [9.17, 15) is 14.7 Å². The Morgan fingerprint density at radius 2 is 1.89 bits per heavy atom. The molecule has 0 aliphatic heterocycles. The number of rotatable bonds is 6. The van der Waals surface area contributed by atoms with Crippen LogP contribution in [0.4, 0.5) is 0 Å². The van der Waals surface area contributed by atoms with E-state index in [1.54, 1.807) is 37.3 Å². The third-order valence-electron chi connectivity index (χ3n) is 2.39. The number of hydrogen-bond donors (Lipinski definition) is 2. The SMILES string of the molecule is CC(O)CN(CCC(=O)O)C(=O)c1ccccc1. The van der Waals surface area contributed by atoms with Crippen molar-refractivity contribution in [1.29, 1.82) is 0 Å². The van der Waals surface area contributed by atoms with E-state index in [1.807, 2.05) is 0 Å². The number of carboxylic acid groups (broad SMARTS) is 1. The Balaban J connectivity index is 2.75. The smallest absolute Gasteiger partial charge is 0.305 e. The van der Waals surface area contributed by atoms with Gasteiger partial charge in [0.05, 0.1) is 12.5 Å². The highest BCUT2D eigenvalue weighted by Gasteiger charge is 2.17. The Labute approximate surface area is 106 Å². The summed E-state index contributed by atoms with van der Waals surface area (Å²) in [7, 11) is 0. The van der Waals surface area contributed by atoms with Crippen molar-refractivity contribution in [2.24, 2.45) is 0 Å². The molecule has 5 nitrogen and oxygen atoms in total. The minimum Gasteiger partial charge on any atom is -0.481 e. The van der Waals surface area contributed by atoms with E-state index in [0.29, 0.717) is 5.56 Å². The van der Waals surface area contributed by atoms with Crippen molar-refractivity contribution < 1.29 is 19.8 Å². The fraction of sp³-hybridized carbons (Fsp3) is 0.385. The fourth-order valence-corrected chi connectivity index (χ4v) is 1.59. The molecule has 1 unspecified atom stereocenters. The van der Waals surface area contributed by atoms with E-state index in [2.05, 4.69) is 0 Å². The van der Waals surface area contributed by atoms with Gasteiger partial charge in [0, 0.05) is 18.7 Å². The second-order valence-corrected chi connectivity index (χ2v) is 4.11. The number of nitrogens with zero attached hydrogens (tertiary/aromatic N) is 1. The van der Waals surface area contributed by atoms with Crippen LogP contribution in [-0.4, -0.2) is 46.2 Å². The summed E-state index contributed by atoms with van der Waals surface area (Å²) in [6.07, 6.45) is -0.822. The molecular formula is C13H17NO4. The molecule has 98 valence electrons. The minimum absolute atomic E-state index is 0.0912. The number of carboxylic acids is 1. The van der Waals surface area contributed by atoms with E-state index in [0.717, 1.165) is 0 Å². The van der Waals surface area contributed by atoms with Gasteiger partial charge in [-0.05, 0) is 19.1 Å². The molecule has 2 N–H and O–H groups in total. The molecule has 0 aliphatic rings. The predicted molar refractivity (Wildman–Crippen MR) is 66.3 cm³/mol. The number of hydrogen-bond acceptors (Lipinski definition) is 3. The number of amides is 1. The van der Waals surface area contributed by atoms with Crippen LogP contribution >= 0.6 is 0 Å². The van der Waals surface area contributed by atoms with Crippen LogP contribution in [0.5, 0.6) is 0 Å². The lowest BCUT2D eigenvalue weighted by Gasteiger charge is -2.23. The van der Waals surface area contributed by atoms with Crippen LogP contribution in [0, 0.1) is 0 Å². The Kier molecular flexibility index (Phi) is 5.32. The van der Waals surface area contributed by atoms with Crippen LogP contribution in [0.3, 0.4) is 0 Å². The molecule has 0 heterocycles. The highest BCUT2D eigenvalue weighted by atomic mass is 16.4. The maximum Gasteiger partial charge on any atom is 0.305 e. The molecule has 1 atom stereocenters. The first kappa shape index (κ1) is 14.2. The van der Waals surface area contributed by atoms with Crippen LogP contribution in [0.2, 0.25) is 0 Å². The van der Waals surface area contributed by atoms with Crippen LogP contribution < -0.4 is 0 Å². The van der Waals surface area contributed by atoms with Gasteiger partial charge in [0.25, 0.3) is 5.91 Å². The second-order valence-electron chi connectivity index (χ2n) is 4.11. The van der Waals surface area contributed by atoms with Crippen molar-refractivity contribution in [3.05, 3.63) is 35.9 Å². The number of carbonyl (C=O) groups is 2. The summed E-state index contributed by atoms with van der Waals surface area (Å²) in [4.78, 5) is 24.0. The zero-order valence-electron chi connectivity index (χ0n) is 10.2. The van der Waals surface area contributed by atoms with E-state index in [-0.39, 0.29) is 25.4 Å². The summed E-state index contributed by atoms with van der Waals surface area (Å²) in [5.41, 5.74) is 0.489. The van der Waals surface area contributed by atoms with Gasteiger partial charge in [-0.1, -0.05) is 18.2 Å². The molecule has 18 heavy (non-hydrogen) atoms. The Morgan fingerprint density at radius 3 is 2.39 bits per heavy atom. The highest BCUT2D eigenvalue weighted by Crippen LogP contribution is 2.06. The van der Waals surface area contributed by atoms with Gasteiger partial charge in [-0.25, -0.2) is 0 Å². The quantitative estimate of drug-likeness (QED) is 0.790. The van der Waals surface area contributed by atoms with Gasteiger partial charge in [0.1, 0.15) is 0 Å². The monoisotopic (exact) mass is 251 g/mol. The van der Waals surface area contributed by atoms with Crippen LogP contribution in [-0.2, 0) is 4.79 Å². The molecule has 0 spiro atoms. The lowest BCUT2D eigenvalue weighted by atomic mass is 10.2. The van der Waals surface area contributed by atoms with E-state index in [1.165, 1.54) is 4.90 Å². The van der Waals surface area contributed by atoms with E-state index in [4.69, 9.17) is 5.11 Å². The molecule has 1 aromatic carbocycles. The van der Waals surface area contributed by atoms with E-state index >= 15 is 0 Å². The fourth-order valence-electron chi connectivity index (χ4n) is 1.59. The Bertz CT molecular complexity index is 403. The standard InChI is InChI=1S/C13H17NO4/c1-10(15)9-14(8-7-12(16)17)13(18)11-5-3-2-4-6-11/h2-6,10,15H,7-9H2,1H3,(H,16,17). The maximum absolute atomic E-state index is 12.1. The number of carbonyl (C=O) groups excluding carboxylic acids is 1. The molecular weight excluding hydrogens is 234 g/mol. The molecule has 0 fully saturated rings. The van der Waals surface area contributed by atoms with Gasteiger partial charge in [-0.15, -0.1) is 0 Å². The van der Waals surface area contributed by atoms with Crippen molar-refractivity contribution in [1.82, 2.24) is 4.90 Å². The third-order valence-corrected chi connectivity index (χ3v) is 2.39. The summed E-state index contributed by atoms with van der Waals surface area (Å²) < 4.78 is 0. The lowest BCUT2D eigenvalue weighted by molar-refractivity contribution is -0.137. The number of aliphatic hydroxyl groups is 1. The van der Waals surface area contributed by atoms with Gasteiger partial charge in [0.15, 0.2) is 0 Å². The first-order valence-electron chi connectivity index (χ1n) is 5.75. The van der Waals surface area contributed by atoms with Crippen molar-refractivity contribution >= 4 is 11.9 Å². The third kappa shape index (κ3) is 4.55. The summed E-state index contributed by atoms with van der Waals surface area (Å²) in [5, 5.41) is 18.0. The lowest BCUT2D eigenvalue weighted by Crippen LogP contribution is -2.38. The number of aliphatic hydroxyl groups excluding tert-OH is 1. The molecule has 0 saturated heterocycles. The molecule has 0 bridgehead atoms. The second kappa shape index (κ2) is 6.76. The van der Waals surface area contributed by atoms with Gasteiger partial charge in [0.2, 0.25) is 0 Å². The van der Waals surface area contributed by atoms with Gasteiger partial charge < -0.3 is 15.1 Å². The minimum atomic E-state index is -0.966. The molecule has 0 aromatic heterocycles. The predicted octanol–water partition coefficient (Wildman–Crippen LogP) is 0.984. The zero-order chi connectivity index (χ0) is 13.5. The Hall–Kier alpha value is -1.88. The molecule has 1 aromatic rings. The van der Waals surface area contributed by atoms with Crippen LogP contribution in [0.1, 0.15) is 23.7 Å². The topological polar surface area (TPSA) is 77.8 Å². The molecule has 0 aliphatic carbocycles. The molecule has 1 rings (SSSR count). The first-order valence-corrected chi connectivity index (χ1v) is 5.75. The van der Waals surface area contributed by atoms with E-state index < -0.39 is 12.1 Å². The summed E-state index contributed by atoms with van der Waals surface area (Å²) in [5.74, 6) is -1.23. The van der Waals surface area contributed by atoms with Crippen LogP contribution in [0.15, 0.2) is 30.3 Å². The molecule has 5 heteroatoms. The maximum atomic E-state index is 12.1. The summed E-state index contributed by atoms with van der Waals surface area (Å²) >= 11 is 0. The molecule has 0 saturated carbocycles. The highest BCUT2D eigenvalue weighted by molar-refractivity contribution is 5.94. The van der Waals surface area contributed by atoms with Gasteiger partial charge in [-0.3, -0.25) is 9.59 Å². The molecule has 1 amide bonds. The number of benzene rings is 1. The summed E-state index contributed by atoms with van der Waals surface area (Å²) in [6.45, 7) is 1.78. The first-order chi connectivity index (χ1) is 8.50. The van der Waals surface area contributed by atoms with Crippen molar-refractivity contribution in [3.63, 3.8) is 0 Å². The average Bonchev–Trinajstić information content (AvgIpc) is 2.34. The number of aliphatic carboxylic acids is 1. The van der Waals surface area contributed by atoms with Crippen molar-refractivity contribution in [3.8, 4) is 0 Å². The largest absolute Gasteiger partial charge is 0.481 e. The summed E-state index contributed by atoms with van der Waals surface area (Å²) in [6, 6.07) is 8.61. The normalized spacial score (nSPS) is 11.9. The van der Waals surface area contributed by atoms with Gasteiger partial charge >= 0.3 is 5.97 Å². The Morgan fingerprint density at radius 1 is 1.28 bits per heavy atom.